The molecule has 1 atom stereocenters. The zero-order chi connectivity index (χ0) is 27.3. The molecular formula is C30H42ClN4OP. The van der Waals surface area contributed by atoms with Crippen LogP contribution >= 0.6 is 20.8 Å². The Bertz CT molecular complexity index is 1170. The topological polar surface area (TPSA) is 76.5 Å². The molecule has 0 amide bonds. The maximum atomic E-state index is 6.83. The maximum Gasteiger partial charge on any atom is 0.189 e. The second kappa shape index (κ2) is 12.3. The molecule has 1 heterocycles. The number of likely N-dealkylation sites (tertiary alicyclic amines) is 1. The summed E-state index contributed by atoms with van der Waals surface area (Å²) in [6.45, 7) is 15.9. The molecule has 0 bridgehead atoms. The van der Waals surface area contributed by atoms with E-state index in [4.69, 9.17) is 27.8 Å². The average molecular weight is 541 g/mol. The van der Waals surface area contributed by atoms with Gasteiger partial charge >= 0.3 is 0 Å². The Morgan fingerprint density at radius 3 is 2.41 bits per heavy atom. The Hall–Kier alpha value is -2.62. The van der Waals surface area contributed by atoms with E-state index in [-0.39, 0.29) is 11.5 Å². The van der Waals surface area contributed by atoms with Crippen LogP contribution in [0.5, 0.6) is 0 Å². The predicted molar refractivity (Wildman–Crippen MR) is 162 cm³/mol. The van der Waals surface area contributed by atoms with Crippen molar-refractivity contribution in [3.63, 3.8) is 0 Å². The monoisotopic (exact) mass is 540 g/mol. The number of ether oxygens (including phenoxy) is 1. The maximum absolute atomic E-state index is 6.83. The van der Waals surface area contributed by atoms with Crippen molar-refractivity contribution >= 4 is 31.8 Å². The molecule has 1 saturated heterocycles. The van der Waals surface area contributed by atoms with Gasteiger partial charge in [-0.1, -0.05) is 35.9 Å². The molecule has 5 nitrogen and oxygen atoms in total. The summed E-state index contributed by atoms with van der Waals surface area (Å²) in [6, 6.07) is 5.65. The molecule has 0 radical (unpaired) electrons. The molecule has 7 heteroatoms. The smallest absolute Gasteiger partial charge is 0.189 e. The largest absolute Gasteiger partial charge is 0.473 e. The first kappa shape index (κ1) is 28.9. The normalized spacial score (nSPS) is 17.4. The van der Waals surface area contributed by atoms with Gasteiger partial charge in [0.1, 0.15) is 5.60 Å². The van der Waals surface area contributed by atoms with Crippen molar-refractivity contribution in [3.05, 3.63) is 93.8 Å². The minimum atomic E-state index is -0.240. The Morgan fingerprint density at radius 2 is 1.86 bits per heavy atom. The van der Waals surface area contributed by atoms with Crippen LogP contribution in [0.2, 0.25) is 5.02 Å². The molecule has 1 aromatic rings. The predicted octanol–water partition coefficient (Wildman–Crippen LogP) is 6.08. The summed E-state index contributed by atoms with van der Waals surface area (Å²) in [7, 11) is 2.72. The number of allylic oxidation sites excluding steroid dienone is 6. The van der Waals surface area contributed by atoms with Gasteiger partial charge in [-0.3, -0.25) is 0 Å². The third-order valence-corrected chi connectivity index (χ3v) is 6.97. The van der Waals surface area contributed by atoms with Crippen LogP contribution in [0.25, 0.3) is 5.70 Å². The highest BCUT2D eigenvalue weighted by Crippen LogP contribution is 2.37. The minimum Gasteiger partial charge on any atom is -0.473 e. The highest BCUT2D eigenvalue weighted by Gasteiger charge is 2.36. The molecule has 1 unspecified atom stereocenters. The van der Waals surface area contributed by atoms with Gasteiger partial charge in [0.25, 0.3) is 0 Å². The molecule has 1 aliphatic carbocycles. The lowest BCUT2D eigenvalue weighted by molar-refractivity contribution is -0.0309. The van der Waals surface area contributed by atoms with Crippen LogP contribution in [0.1, 0.15) is 59.4 Å². The lowest BCUT2D eigenvalue weighted by Crippen LogP contribution is -2.50. The van der Waals surface area contributed by atoms with Gasteiger partial charge in [0, 0.05) is 46.7 Å². The summed E-state index contributed by atoms with van der Waals surface area (Å²) < 4.78 is 6.38. The summed E-state index contributed by atoms with van der Waals surface area (Å²) in [5, 5.41) is 5.10. The van der Waals surface area contributed by atoms with Crippen LogP contribution in [-0.2, 0) is 4.74 Å². The molecule has 3 rings (SSSR count). The van der Waals surface area contributed by atoms with E-state index in [0.717, 1.165) is 65.3 Å². The summed E-state index contributed by atoms with van der Waals surface area (Å²) in [6.07, 6.45) is 11.1. The second-order valence-corrected chi connectivity index (χ2v) is 12.0. The molecule has 1 aromatic carbocycles. The van der Waals surface area contributed by atoms with Gasteiger partial charge in [-0.25, -0.2) is 0 Å². The van der Waals surface area contributed by atoms with E-state index < -0.39 is 0 Å². The van der Waals surface area contributed by atoms with Gasteiger partial charge in [0.15, 0.2) is 5.88 Å². The highest BCUT2D eigenvalue weighted by atomic mass is 35.5. The van der Waals surface area contributed by atoms with Crippen molar-refractivity contribution in [2.45, 2.75) is 59.5 Å². The molecule has 0 spiro atoms. The van der Waals surface area contributed by atoms with E-state index in [9.17, 15) is 0 Å². The fourth-order valence-corrected chi connectivity index (χ4v) is 4.72. The Balaban J connectivity index is 1.95. The number of hydrogen-bond donors (Lipinski definition) is 3. The van der Waals surface area contributed by atoms with Crippen LogP contribution in [0.3, 0.4) is 0 Å². The van der Waals surface area contributed by atoms with E-state index in [1.165, 1.54) is 12.0 Å². The molecule has 2 aliphatic rings. The molecule has 1 saturated carbocycles. The Morgan fingerprint density at radius 1 is 1.19 bits per heavy atom. The van der Waals surface area contributed by atoms with Gasteiger partial charge < -0.3 is 26.4 Å². The van der Waals surface area contributed by atoms with Gasteiger partial charge in [-0.15, -0.1) is 9.24 Å². The molecule has 2 fully saturated rings. The quantitative estimate of drug-likeness (QED) is 0.201. The van der Waals surface area contributed by atoms with E-state index in [1.807, 2.05) is 30.4 Å². The third kappa shape index (κ3) is 7.93. The zero-order valence-electron chi connectivity index (χ0n) is 22.8. The zero-order valence-corrected chi connectivity index (χ0v) is 24.7. The Kier molecular flexibility index (Phi) is 9.61. The lowest BCUT2D eigenvalue weighted by Gasteiger charge is -2.45. The second-order valence-electron chi connectivity index (χ2n) is 11.0. The first-order chi connectivity index (χ1) is 17.4. The van der Waals surface area contributed by atoms with Gasteiger partial charge in [0.05, 0.1) is 5.70 Å². The lowest BCUT2D eigenvalue weighted by atomic mass is 9.89. The number of nitrogens with two attached hydrogens (primary N) is 2. The third-order valence-electron chi connectivity index (χ3n) is 6.23. The van der Waals surface area contributed by atoms with E-state index >= 15 is 0 Å². The van der Waals surface area contributed by atoms with E-state index in [0.29, 0.717) is 10.7 Å². The minimum absolute atomic E-state index is 0.164. The van der Waals surface area contributed by atoms with Gasteiger partial charge in [0.2, 0.25) is 0 Å². The standard InChI is InChI=1S/C30H42ClN4OP/c1-7-9-23(14-19(2)3)34-26(16-25(32)24-15-22(31)12-13-27(24)37)28(33)21-17-35(18-21)29(20-10-8-11-20)36-30(4,5)6/h7,9,12-16,21,34H,1,8,10-11,17-18,32-33,37H2,2-6H3/b23-9+,25-16-,28-26+. The number of halogens is 1. The van der Waals surface area contributed by atoms with Crippen LogP contribution < -0.4 is 22.1 Å². The van der Waals surface area contributed by atoms with Crippen molar-refractivity contribution in [3.8, 4) is 0 Å². The van der Waals surface area contributed by atoms with Crippen LogP contribution in [-0.4, -0.2) is 23.6 Å². The summed E-state index contributed by atoms with van der Waals surface area (Å²) in [5.74, 6) is 1.20. The highest BCUT2D eigenvalue weighted by molar-refractivity contribution is 7.27. The summed E-state index contributed by atoms with van der Waals surface area (Å²) in [4.78, 5) is 2.32. The number of hydrogen-bond acceptors (Lipinski definition) is 5. The first-order valence-corrected chi connectivity index (χ1v) is 13.8. The van der Waals surface area contributed by atoms with Gasteiger partial charge in [-0.2, -0.15) is 0 Å². The average Bonchev–Trinajstić information content (AvgIpc) is 2.71. The van der Waals surface area contributed by atoms with Crippen LogP contribution in [0.4, 0.5) is 0 Å². The van der Waals surface area contributed by atoms with Crippen molar-refractivity contribution in [1.29, 1.82) is 0 Å². The molecule has 5 N–H and O–H groups in total. The number of nitrogens with one attached hydrogen (secondary N) is 1. The van der Waals surface area contributed by atoms with Crippen molar-refractivity contribution in [2.24, 2.45) is 17.4 Å². The van der Waals surface area contributed by atoms with E-state index in [2.05, 4.69) is 66.7 Å². The molecule has 200 valence electrons. The summed E-state index contributed by atoms with van der Waals surface area (Å²) >= 11 is 6.26. The molecule has 1 aliphatic heterocycles. The fourth-order valence-electron chi connectivity index (χ4n) is 4.20. The number of rotatable bonds is 9. The fraction of sp³-hybridized carbons (Fsp3) is 0.400. The van der Waals surface area contributed by atoms with Gasteiger partial charge in [-0.05, 0) is 95.1 Å². The van der Waals surface area contributed by atoms with Crippen molar-refractivity contribution in [2.75, 3.05) is 13.1 Å². The SMILES string of the molecule is C=C/C=C(\C=C(C)C)NC(/C=C(\N)c1cc(Cl)ccc1P)=C(/N)C1CN(C(OC(C)(C)C)=C2CCC2)C1. The number of nitrogens with zero attached hydrogens (tertiary/aromatic N) is 1. The first-order valence-electron chi connectivity index (χ1n) is 12.8. The molecule has 0 aromatic heterocycles. The molecule has 37 heavy (non-hydrogen) atoms. The number of benzene rings is 1. The van der Waals surface area contributed by atoms with Crippen molar-refractivity contribution in [1.82, 2.24) is 10.2 Å². The van der Waals surface area contributed by atoms with Crippen LogP contribution in [0.15, 0.2) is 83.2 Å². The summed E-state index contributed by atoms with van der Waals surface area (Å²) in [5.41, 5.74) is 19.6. The molecular weight excluding hydrogens is 499 g/mol. The van der Waals surface area contributed by atoms with Crippen molar-refractivity contribution < 1.29 is 4.74 Å². The van der Waals surface area contributed by atoms with Crippen LogP contribution in [0, 0.1) is 5.92 Å². The van der Waals surface area contributed by atoms with E-state index in [1.54, 1.807) is 6.08 Å². The Labute approximate surface area is 230 Å².